The lowest BCUT2D eigenvalue weighted by Crippen LogP contribution is -2.37. The van der Waals surface area contributed by atoms with Crippen molar-refractivity contribution in [2.45, 2.75) is 18.9 Å². The predicted octanol–water partition coefficient (Wildman–Crippen LogP) is 2.26. The first-order valence-corrected chi connectivity index (χ1v) is 9.16. The van der Waals surface area contributed by atoms with Crippen molar-refractivity contribution in [1.29, 1.82) is 0 Å². The van der Waals surface area contributed by atoms with Crippen molar-refractivity contribution in [3.05, 3.63) is 62.7 Å². The first-order valence-electron chi connectivity index (χ1n) is 9.16. The van der Waals surface area contributed by atoms with Crippen LogP contribution in [0.3, 0.4) is 0 Å². The van der Waals surface area contributed by atoms with Crippen molar-refractivity contribution in [2.24, 2.45) is 0 Å². The van der Waals surface area contributed by atoms with E-state index < -0.39 is 10.9 Å². The quantitative estimate of drug-likeness (QED) is 0.407. The van der Waals surface area contributed by atoms with Crippen LogP contribution in [0.5, 0.6) is 0 Å². The summed E-state index contributed by atoms with van der Waals surface area (Å²) >= 11 is 0. The third kappa shape index (κ3) is 3.33. The molecule has 1 aliphatic rings. The second-order valence-corrected chi connectivity index (χ2v) is 6.85. The zero-order valence-electron chi connectivity index (χ0n) is 15.7. The Bertz CT molecular complexity index is 1140. The Hall–Kier alpha value is -3.69. The van der Waals surface area contributed by atoms with Gasteiger partial charge in [0.05, 0.1) is 28.6 Å². The standard InChI is InChI=1S/C19H19N5O5/c1-29-18(25)12-10-16(24(27)28)17(20-11-12)22-8-6-13(7-9-22)23-15-5-3-2-4-14(15)21-19(23)26/h2-5,10-11,13H,6-9H2,1H3,(H,21,26). The molecule has 0 saturated carbocycles. The number of imidazole rings is 1. The molecule has 150 valence electrons. The highest BCUT2D eigenvalue weighted by Gasteiger charge is 2.29. The monoisotopic (exact) mass is 397 g/mol. The van der Waals surface area contributed by atoms with Crippen LogP contribution < -0.4 is 10.6 Å². The molecule has 4 rings (SSSR count). The van der Waals surface area contributed by atoms with E-state index in [9.17, 15) is 19.7 Å². The first kappa shape index (κ1) is 18.7. The van der Waals surface area contributed by atoms with E-state index in [0.29, 0.717) is 25.9 Å². The number of rotatable bonds is 4. The van der Waals surface area contributed by atoms with Crippen molar-refractivity contribution in [3.8, 4) is 0 Å². The number of nitrogens with zero attached hydrogens (tertiary/aromatic N) is 4. The van der Waals surface area contributed by atoms with Gasteiger partial charge in [0.2, 0.25) is 5.82 Å². The van der Waals surface area contributed by atoms with E-state index in [2.05, 4.69) is 14.7 Å². The van der Waals surface area contributed by atoms with E-state index in [1.165, 1.54) is 19.4 Å². The number of nitrogens with one attached hydrogen (secondary N) is 1. The Balaban J connectivity index is 1.58. The minimum absolute atomic E-state index is 0.0108. The largest absolute Gasteiger partial charge is 0.465 e. The lowest BCUT2D eigenvalue weighted by Gasteiger charge is -2.33. The number of anilines is 1. The number of hydrogen-bond donors (Lipinski definition) is 1. The fourth-order valence-electron chi connectivity index (χ4n) is 3.83. The Kier molecular flexibility index (Phi) is 4.75. The number of H-pyrrole nitrogens is 1. The summed E-state index contributed by atoms with van der Waals surface area (Å²) in [5.41, 5.74) is 1.27. The van der Waals surface area contributed by atoms with Gasteiger partial charge in [0, 0.05) is 31.4 Å². The Morgan fingerprint density at radius 1 is 1.31 bits per heavy atom. The van der Waals surface area contributed by atoms with Gasteiger partial charge >= 0.3 is 17.3 Å². The third-order valence-electron chi connectivity index (χ3n) is 5.22. The normalized spacial score (nSPS) is 14.9. The summed E-state index contributed by atoms with van der Waals surface area (Å²) in [4.78, 5) is 43.9. The van der Waals surface area contributed by atoms with Crippen LogP contribution in [0.15, 0.2) is 41.3 Å². The molecule has 3 aromatic rings. The third-order valence-corrected chi connectivity index (χ3v) is 5.22. The first-order chi connectivity index (χ1) is 14.0. The summed E-state index contributed by atoms with van der Waals surface area (Å²) in [6.45, 7) is 1.00. The van der Waals surface area contributed by atoms with Gasteiger partial charge in [-0.1, -0.05) is 12.1 Å². The predicted molar refractivity (Wildman–Crippen MR) is 105 cm³/mol. The number of ether oxygens (including phenoxy) is 1. The van der Waals surface area contributed by atoms with Crippen LogP contribution in [0, 0.1) is 10.1 Å². The molecule has 0 amide bonds. The molecule has 29 heavy (non-hydrogen) atoms. The van der Waals surface area contributed by atoms with Gasteiger partial charge in [-0.25, -0.2) is 14.6 Å². The molecule has 0 bridgehead atoms. The molecule has 0 atom stereocenters. The van der Waals surface area contributed by atoms with E-state index in [1.54, 1.807) is 4.57 Å². The lowest BCUT2D eigenvalue weighted by atomic mass is 10.0. The van der Waals surface area contributed by atoms with Crippen LogP contribution in [0.1, 0.15) is 29.2 Å². The van der Waals surface area contributed by atoms with Gasteiger partial charge in [-0.05, 0) is 25.0 Å². The highest BCUT2D eigenvalue weighted by Crippen LogP contribution is 2.32. The fourth-order valence-corrected chi connectivity index (χ4v) is 3.83. The van der Waals surface area contributed by atoms with Gasteiger partial charge in [0.25, 0.3) is 0 Å². The summed E-state index contributed by atoms with van der Waals surface area (Å²) < 4.78 is 6.37. The van der Waals surface area contributed by atoms with Gasteiger partial charge in [-0.2, -0.15) is 0 Å². The summed E-state index contributed by atoms with van der Waals surface area (Å²) in [7, 11) is 1.21. The zero-order chi connectivity index (χ0) is 20.5. The van der Waals surface area contributed by atoms with Crippen molar-refractivity contribution in [2.75, 3.05) is 25.1 Å². The molecule has 10 nitrogen and oxygen atoms in total. The maximum Gasteiger partial charge on any atom is 0.339 e. The smallest absolute Gasteiger partial charge is 0.339 e. The molecule has 1 fully saturated rings. The number of benzene rings is 1. The Labute approximate surface area is 164 Å². The summed E-state index contributed by atoms with van der Waals surface area (Å²) in [5, 5.41) is 11.5. The molecule has 10 heteroatoms. The lowest BCUT2D eigenvalue weighted by molar-refractivity contribution is -0.384. The average molecular weight is 397 g/mol. The SMILES string of the molecule is COC(=O)c1cnc(N2CCC(n3c(=O)[nH]c4ccccc43)CC2)c([N+](=O)[O-])c1. The number of aromatic nitrogens is 3. The molecule has 0 aliphatic carbocycles. The molecule has 1 aromatic carbocycles. The van der Waals surface area contributed by atoms with Crippen LogP contribution in [0.25, 0.3) is 11.0 Å². The van der Waals surface area contributed by atoms with Crippen LogP contribution in [-0.2, 0) is 4.74 Å². The maximum absolute atomic E-state index is 12.4. The van der Waals surface area contributed by atoms with E-state index in [4.69, 9.17) is 0 Å². The van der Waals surface area contributed by atoms with Crippen LogP contribution in [0.2, 0.25) is 0 Å². The molecule has 1 saturated heterocycles. The van der Waals surface area contributed by atoms with Crippen LogP contribution in [-0.4, -0.2) is 45.6 Å². The summed E-state index contributed by atoms with van der Waals surface area (Å²) in [6, 6.07) is 8.69. The molecule has 0 spiro atoms. The highest BCUT2D eigenvalue weighted by molar-refractivity contribution is 5.90. The molecule has 1 aliphatic heterocycles. The number of aromatic amines is 1. The Morgan fingerprint density at radius 3 is 2.72 bits per heavy atom. The number of hydrogen-bond acceptors (Lipinski definition) is 7. The van der Waals surface area contributed by atoms with Crippen molar-refractivity contribution >= 4 is 28.5 Å². The number of carbonyl (C=O) groups is 1. The number of esters is 1. The number of fused-ring (bicyclic) bond motifs is 1. The average Bonchev–Trinajstić information content (AvgIpc) is 3.08. The summed E-state index contributed by atoms with van der Waals surface area (Å²) in [5.74, 6) is -0.461. The Morgan fingerprint density at radius 2 is 2.03 bits per heavy atom. The number of carbonyl (C=O) groups excluding carboxylic acids is 1. The molecule has 3 heterocycles. The van der Waals surface area contributed by atoms with E-state index >= 15 is 0 Å². The number of methoxy groups -OCH3 is 1. The van der Waals surface area contributed by atoms with E-state index in [1.807, 2.05) is 29.2 Å². The number of para-hydroxylation sites is 2. The van der Waals surface area contributed by atoms with Crippen molar-refractivity contribution in [1.82, 2.24) is 14.5 Å². The second-order valence-electron chi connectivity index (χ2n) is 6.85. The fraction of sp³-hybridized carbons (Fsp3) is 0.316. The molecule has 1 N–H and O–H groups in total. The van der Waals surface area contributed by atoms with Gasteiger partial charge < -0.3 is 14.6 Å². The zero-order valence-corrected chi connectivity index (χ0v) is 15.7. The summed E-state index contributed by atoms with van der Waals surface area (Å²) in [6.07, 6.45) is 2.56. The van der Waals surface area contributed by atoms with Gasteiger partial charge in [-0.3, -0.25) is 14.7 Å². The number of nitro groups is 1. The molecule has 0 radical (unpaired) electrons. The minimum Gasteiger partial charge on any atom is -0.465 e. The van der Waals surface area contributed by atoms with Crippen molar-refractivity contribution in [3.63, 3.8) is 0 Å². The molecule has 0 unspecified atom stereocenters. The minimum atomic E-state index is -0.676. The molecule has 2 aromatic heterocycles. The molecular formula is C19H19N5O5. The topological polar surface area (TPSA) is 123 Å². The van der Waals surface area contributed by atoms with Crippen molar-refractivity contribution < 1.29 is 14.5 Å². The van der Waals surface area contributed by atoms with Crippen LogP contribution >= 0.6 is 0 Å². The van der Waals surface area contributed by atoms with Gasteiger partial charge in [0.15, 0.2) is 0 Å². The molecular weight excluding hydrogens is 378 g/mol. The number of piperidine rings is 1. The van der Waals surface area contributed by atoms with Crippen LogP contribution in [0.4, 0.5) is 11.5 Å². The highest BCUT2D eigenvalue weighted by atomic mass is 16.6. The van der Waals surface area contributed by atoms with Gasteiger partial charge in [0.1, 0.15) is 0 Å². The maximum atomic E-state index is 12.4. The second kappa shape index (κ2) is 7.38. The van der Waals surface area contributed by atoms with E-state index in [-0.39, 0.29) is 28.8 Å². The number of pyridine rings is 1. The van der Waals surface area contributed by atoms with Gasteiger partial charge in [-0.15, -0.1) is 0 Å². The van der Waals surface area contributed by atoms with E-state index in [0.717, 1.165) is 11.0 Å².